The third kappa shape index (κ3) is 3.56. The number of alkyl halides is 3. The molecule has 2 aromatic rings. The molecule has 3 rings (SSSR count). The Labute approximate surface area is 158 Å². The van der Waals surface area contributed by atoms with Gasteiger partial charge >= 0.3 is 6.18 Å². The topological polar surface area (TPSA) is 142 Å². The molecule has 1 aromatic carbocycles. The van der Waals surface area contributed by atoms with Crippen molar-refractivity contribution in [2.24, 2.45) is 0 Å². The van der Waals surface area contributed by atoms with Gasteiger partial charge in [0, 0.05) is 12.3 Å². The van der Waals surface area contributed by atoms with Crippen molar-refractivity contribution in [3.8, 4) is 0 Å². The molecule has 0 saturated heterocycles. The minimum Gasteiger partial charge on any atom is -0.327 e. The quantitative estimate of drug-likeness (QED) is 0.445. The molecule has 1 aliphatic rings. The average Bonchev–Trinajstić information content (AvgIpc) is 2.87. The van der Waals surface area contributed by atoms with E-state index in [2.05, 4.69) is 0 Å². The molecule has 0 saturated carbocycles. The van der Waals surface area contributed by atoms with Gasteiger partial charge < -0.3 is 10.3 Å². The molecule has 1 aliphatic heterocycles. The van der Waals surface area contributed by atoms with E-state index in [0.717, 1.165) is 12.1 Å². The molecule has 2 N–H and O–H groups in total. The molecule has 3 amide bonds. The highest BCUT2D eigenvalue weighted by Crippen LogP contribution is 2.31. The van der Waals surface area contributed by atoms with Crippen LogP contribution in [-0.4, -0.2) is 39.1 Å². The number of hydrogen-bond acceptors (Lipinski definition) is 6. The van der Waals surface area contributed by atoms with Gasteiger partial charge in [-0.1, -0.05) is 6.07 Å². The number of carbonyl (C=O) groups is 3. The molecule has 0 unspecified atom stereocenters. The van der Waals surface area contributed by atoms with E-state index in [9.17, 15) is 42.5 Å². The number of imide groups is 1. The van der Waals surface area contributed by atoms with Crippen LogP contribution >= 0.6 is 0 Å². The van der Waals surface area contributed by atoms with Gasteiger partial charge in [0.2, 0.25) is 5.91 Å². The van der Waals surface area contributed by atoms with Crippen molar-refractivity contribution >= 4 is 29.1 Å². The van der Waals surface area contributed by atoms with Crippen LogP contribution in [0.5, 0.6) is 0 Å². The van der Waals surface area contributed by atoms with Crippen molar-refractivity contribution in [1.82, 2.24) is 9.88 Å². The van der Waals surface area contributed by atoms with Crippen molar-refractivity contribution in [1.29, 1.82) is 0 Å². The number of amides is 3. The largest absolute Gasteiger partial charge is 0.417 e. The number of aromatic nitrogens is 1. The minimum atomic E-state index is -4.79. The molecular formula is C16H9F3N4O6. The fourth-order valence-electron chi connectivity index (χ4n) is 2.69. The van der Waals surface area contributed by atoms with E-state index < -0.39 is 63.4 Å². The Bertz CT molecular complexity index is 1120. The first-order valence-corrected chi connectivity index (χ1v) is 7.74. The fourth-order valence-corrected chi connectivity index (χ4v) is 2.69. The number of H-pyrrole nitrogens is 1. The number of fused-ring (bicyclic) bond motifs is 1. The predicted octanol–water partition coefficient (Wildman–Crippen LogP) is 1.54. The van der Waals surface area contributed by atoms with Gasteiger partial charge in [0.05, 0.1) is 16.1 Å². The Morgan fingerprint density at radius 2 is 1.90 bits per heavy atom. The second-order valence-electron chi connectivity index (χ2n) is 5.83. The van der Waals surface area contributed by atoms with Crippen LogP contribution in [0.3, 0.4) is 0 Å². The lowest BCUT2D eigenvalue weighted by atomic mass is 10.1. The molecule has 2 heterocycles. The first kappa shape index (κ1) is 19.7. The van der Waals surface area contributed by atoms with E-state index >= 15 is 0 Å². The first-order valence-electron chi connectivity index (χ1n) is 7.74. The molecule has 150 valence electrons. The predicted molar refractivity (Wildman–Crippen MR) is 89.2 cm³/mol. The van der Waals surface area contributed by atoms with E-state index in [-0.39, 0.29) is 5.56 Å². The number of nitrogens with zero attached hydrogens (tertiary/aromatic N) is 2. The Balaban J connectivity index is 1.83. The zero-order chi connectivity index (χ0) is 21.5. The number of aromatic amines is 1. The minimum absolute atomic E-state index is 0.283. The summed E-state index contributed by atoms with van der Waals surface area (Å²) in [5.74, 6) is -3.24. The van der Waals surface area contributed by atoms with E-state index in [1.165, 1.54) is 6.07 Å². The summed E-state index contributed by atoms with van der Waals surface area (Å²) in [7, 11) is 0. The van der Waals surface area contributed by atoms with Crippen LogP contribution in [0.4, 0.5) is 24.5 Å². The number of nitrogens with one attached hydrogen (secondary N) is 2. The van der Waals surface area contributed by atoms with Gasteiger partial charge in [0.15, 0.2) is 0 Å². The highest BCUT2D eigenvalue weighted by Gasteiger charge is 2.41. The van der Waals surface area contributed by atoms with Crippen molar-refractivity contribution in [3.05, 3.63) is 67.6 Å². The van der Waals surface area contributed by atoms with Crippen LogP contribution in [-0.2, 0) is 11.0 Å². The lowest BCUT2D eigenvalue weighted by Crippen LogP contribution is -2.38. The summed E-state index contributed by atoms with van der Waals surface area (Å²) < 4.78 is 38.2. The number of nitro benzene ring substituents is 1. The Morgan fingerprint density at radius 1 is 1.21 bits per heavy atom. The number of rotatable bonds is 4. The molecule has 0 radical (unpaired) electrons. The van der Waals surface area contributed by atoms with Crippen molar-refractivity contribution in [3.63, 3.8) is 0 Å². The maximum atomic E-state index is 12.7. The molecule has 0 bridgehead atoms. The van der Waals surface area contributed by atoms with Crippen molar-refractivity contribution in [2.75, 3.05) is 11.9 Å². The van der Waals surface area contributed by atoms with Crippen LogP contribution in [0.15, 0.2) is 35.3 Å². The number of halogens is 3. The third-order valence-electron chi connectivity index (χ3n) is 3.98. The van der Waals surface area contributed by atoms with E-state index in [1.807, 2.05) is 10.3 Å². The second kappa shape index (κ2) is 6.85. The van der Waals surface area contributed by atoms with Gasteiger partial charge in [-0.2, -0.15) is 13.2 Å². The Morgan fingerprint density at radius 3 is 2.52 bits per heavy atom. The number of anilines is 1. The normalized spacial score (nSPS) is 13.4. The van der Waals surface area contributed by atoms with E-state index in [1.54, 1.807) is 0 Å². The van der Waals surface area contributed by atoms with Gasteiger partial charge in [-0.15, -0.1) is 0 Å². The van der Waals surface area contributed by atoms with E-state index in [4.69, 9.17) is 0 Å². The third-order valence-corrected chi connectivity index (χ3v) is 3.98. The van der Waals surface area contributed by atoms with Gasteiger partial charge in [-0.05, 0) is 12.1 Å². The van der Waals surface area contributed by atoms with Crippen LogP contribution in [0.1, 0.15) is 26.3 Å². The molecule has 0 spiro atoms. The van der Waals surface area contributed by atoms with Crippen LogP contribution in [0.25, 0.3) is 0 Å². The summed E-state index contributed by atoms with van der Waals surface area (Å²) >= 11 is 0. The number of benzene rings is 1. The summed E-state index contributed by atoms with van der Waals surface area (Å²) in [5, 5.41) is 12.9. The number of pyridine rings is 1. The van der Waals surface area contributed by atoms with Crippen LogP contribution < -0.4 is 10.9 Å². The van der Waals surface area contributed by atoms with Gasteiger partial charge in [0.25, 0.3) is 23.1 Å². The number of carbonyl (C=O) groups excluding carboxylic acids is 3. The molecule has 1 aromatic heterocycles. The smallest absolute Gasteiger partial charge is 0.327 e. The standard InChI is InChI=1S/C16H9F3N4O6/c17-16(18,19)7-4-9(13(25)20-5-7)21-11(24)6-22-14(26)8-2-1-3-10(23(28)29)12(8)15(22)27/h1-5H,6H2,(H,20,25)(H,21,24). The van der Waals surface area contributed by atoms with Crippen LogP contribution in [0, 0.1) is 10.1 Å². The summed E-state index contributed by atoms with van der Waals surface area (Å²) in [4.78, 5) is 60.8. The maximum Gasteiger partial charge on any atom is 0.417 e. The highest BCUT2D eigenvalue weighted by molar-refractivity contribution is 6.24. The second-order valence-corrected chi connectivity index (χ2v) is 5.83. The summed E-state index contributed by atoms with van der Waals surface area (Å²) in [6.07, 6.45) is -4.37. The molecule has 0 aliphatic carbocycles. The van der Waals surface area contributed by atoms with Gasteiger partial charge in [-0.3, -0.25) is 34.2 Å². The molecule has 0 fully saturated rings. The SMILES string of the molecule is O=C(CN1C(=O)c2cccc([N+](=O)[O-])c2C1=O)Nc1cc(C(F)(F)F)c[nH]c1=O. The lowest BCUT2D eigenvalue weighted by molar-refractivity contribution is -0.385. The zero-order valence-electron chi connectivity index (χ0n) is 14.1. The molecule has 0 atom stereocenters. The summed E-state index contributed by atoms with van der Waals surface area (Å²) in [6, 6.07) is 3.76. The van der Waals surface area contributed by atoms with E-state index in [0.29, 0.717) is 17.2 Å². The summed E-state index contributed by atoms with van der Waals surface area (Å²) in [5.41, 5.74) is -4.42. The molecular weight excluding hydrogens is 401 g/mol. The molecule has 13 heteroatoms. The monoisotopic (exact) mass is 410 g/mol. The summed E-state index contributed by atoms with van der Waals surface area (Å²) in [6.45, 7) is -0.959. The van der Waals surface area contributed by atoms with Crippen molar-refractivity contribution in [2.45, 2.75) is 6.18 Å². The Hall–Kier alpha value is -4.03. The lowest BCUT2D eigenvalue weighted by Gasteiger charge is -2.14. The average molecular weight is 410 g/mol. The molecule has 29 heavy (non-hydrogen) atoms. The highest BCUT2D eigenvalue weighted by atomic mass is 19.4. The van der Waals surface area contributed by atoms with Crippen molar-refractivity contribution < 1.29 is 32.5 Å². The zero-order valence-corrected chi connectivity index (χ0v) is 14.1. The number of hydrogen-bond donors (Lipinski definition) is 2. The van der Waals surface area contributed by atoms with Crippen LogP contribution in [0.2, 0.25) is 0 Å². The maximum absolute atomic E-state index is 12.7. The Kier molecular flexibility index (Phi) is 4.66. The molecule has 10 nitrogen and oxygen atoms in total. The number of nitro groups is 1. The first-order chi connectivity index (χ1) is 13.5. The fraction of sp³-hybridized carbons (Fsp3) is 0.125. The van der Waals surface area contributed by atoms with Gasteiger partial charge in [-0.25, -0.2) is 0 Å². The van der Waals surface area contributed by atoms with Gasteiger partial charge in [0.1, 0.15) is 17.8 Å².